The van der Waals surface area contributed by atoms with Crippen LogP contribution in [0, 0.1) is 0 Å². The number of azide groups is 1. The number of rotatable bonds is 2. The van der Waals surface area contributed by atoms with E-state index >= 15 is 0 Å². The monoisotopic (exact) mass is 331 g/mol. The van der Waals surface area contributed by atoms with Crippen LogP contribution in [0.15, 0.2) is 58.3 Å². The molecule has 0 amide bonds. The number of nitrogens with zero attached hydrogens (tertiary/aromatic N) is 6. The summed E-state index contributed by atoms with van der Waals surface area (Å²) in [6, 6.07) is 12.9. The van der Waals surface area contributed by atoms with Gasteiger partial charge in [0.1, 0.15) is 0 Å². The van der Waals surface area contributed by atoms with Crippen molar-refractivity contribution in [3.05, 3.63) is 69.4 Å². The van der Waals surface area contributed by atoms with Gasteiger partial charge in [-0.2, -0.15) is 0 Å². The van der Waals surface area contributed by atoms with Crippen molar-refractivity contribution in [2.24, 2.45) is 9.77 Å². The first-order chi connectivity index (χ1) is 11.1. The molecule has 4 rings (SSSR count). The van der Waals surface area contributed by atoms with Crippen LogP contribution in [0.2, 0.25) is 0 Å². The molecule has 0 saturated carbocycles. The van der Waals surface area contributed by atoms with Crippen LogP contribution in [0.3, 0.4) is 0 Å². The third kappa shape index (κ3) is 1.51. The van der Waals surface area contributed by atoms with E-state index in [9.17, 15) is 0 Å². The van der Waals surface area contributed by atoms with E-state index in [-0.39, 0.29) is 23.0 Å². The summed E-state index contributed by atoms with van der Waals surface area (Å²) < 4.78 is 22.9. The molecule has 0 fully saturated rings. The zero-order chi connectivity index (χ0) is 16.0. The third-order valence-electron chi connectivity index (χ3n) is 3.32. The molecule has 1 spiro atoms. The molecule has 10 nitrogen and oxygen atoms in total. The van der Waals surface area contributed by atoms with Crippen LogP contribution in [0.4, 0.5) is 0 Å². The Labute approximate surface area is 128 Å². The van der Waals surface area contributed by atoms with Crippen molar-refractivity contribution in [1.82, 2.24) is 0 Å². The second-order valence-corrected chi connectivity index (χ2v) is 8.27. The minimum atomic E-state index is -5.99. The van der Waals surface area contributed by atoms with Crippen molar-refractivity contribution in [3.63, 3.8) is 0 Å². The predicted octanol–water partition coefficient (Wildman–Crippen LogP) is 5.13. The molecule has 11 heteroatoms. The molecular weight excluding hydrogens is 323 g/mol. The Morgan fingerprint density at radius 3 is 1.22 bits per heavy atom. The quantitative estimate of drug-likeness (QED) is 0.326. The van der Waals surface area contributed by atoms with Crippen molar-refractivity contribution < 1.29 is 18.1 Å². The summed E-state index contributed by atoms with van der Waals surface area (Å²) in [5.41, 5.74) is 18.2. The van der Waals surface area contributed by atoms with Crippen LogP contribution < -0.4 is 18.1 Å². The van der Waals surface area contributed by atoms with E-state index in [1.807, 2.05) is 0 Å². The van der Waals surface area contributed by atoms with E-state index < -0.39 is 7.15 Å². The fourth-order valence-electron chi connectivity index (χ4n) is 2.48. The molecular formula is C12H8N6O4P-. The van der Waals surface area contributed by atoms with E-state index in [1.165, 1.54) is 0 Å². The summed E-state index contributed by atoms with van der Waals surface area (Å²) in [5, 5.41) is 0. The van der Waals surface area contributed by atoms with E-state index in [0.717, 1.165) is 0 Å². The fourth-order valence-corrected chi connectivity index (χ4v) is 5.63. The Balaban J connectivity index is 2.07. The average molecular weight is 331 g/mol. The van der Waals surface area contributed by atoms with Gasteiger partial charge in [0, 0.05) is 0 Å². The van der Waals surface area contributed by atoms with Gasteiger partial charge in [-0.1, -0.05) is 0 Å². The summed E-state index contributed by atoms with van der Waals surface area (Å²) in [6.07, 6.45) is 0. The molecule has 0 radical (unpaired) electrons. The van der Waals surface area contributed by atoms with Crippen LogP contribution in [0.25, 0.3) is 20.9 Å². The molecule has 0 aliphatic carbocycles. The molecule has 2 aromatic rings. The number of benzene rings is 2. The van der Waals surface area contributed by atoms with Crippen LogP contribution in [-0.2, 0) is 0 Å². The first-order valence-electron chi connectivity index (χ1n) is 6.40. The molecule has 2 aliphatic heterocycles. The SMILES string of the molecule is [N-]=[N+]=N[P-]12(N=[N+]=[N-])(Oc3ccccc3O1)Oc1ccccc1O2. The molecule has 0 N–H and O–H groups in total. The summed E-state index contributed by atoms with van der Waals surface area (Å²) in [4.78, 5) is 12.5. The first-order valence-corrected chi connectivity index (χ1v) is 8.66. The molecule has 0 atom stereocenters. The Bertz CT molecular complexity index is 825. The van der Waals surface area contributed by atoms with Gasteiger partial charge in [-0.3, -0.25) is 0 Å². The first kappa shape index (κ1) is 13.4. The van der Waals surface area contributed by atoms with Gasteiger partial charge in [-0.25, -0.2) is 0 Å². The van der Waals surface area contributed by atoms with E-state index in [0.29, 0.717) is 0 Å². The van der Waals surface area contributed by atoms with E-state index in [4.69, 9.17) is 29.2 Å². The topological polar surface area (TPSA) is 134 Å². The third-order valence-corrected chi connectivity index (χ3v) is 6.56. The Hall–Kier alpha value is -3.31. The van der Waals surface area contributed by atoms with Crippen LogP contribution in [0.1, 0.15) is 0 Å². The van der Waals surface area contributed by atoms with Gasteiger partial charge in [-0.05, 0) is 0 Å². The van der Waals surface area contributed by atoms with Gasteiger partial charge in [-0.15, -0.1) is 0 Å². The van der Waals surface area contributed by atoms with Crippen LogP contribution in [-0.4, -0.2) is 0 Å². The average Bonchev–Trinajstić information content (AvgIpc) is 2.98. The second-order valence-electron chi connectivity index (χ2n) is 4.81. The van der Waals surface area contributed by atoms with E-state index in [2.05, 4.69) is 19.6 Å². The van der Waals surface area contributed by atoms with Crippen molar-refractivity contribution in [3.8, 4) is 23.0 Å². The number of hydrogen-bond acceptors (Lipinski definition) is 6. The van der Waals surface area contributed by atoms with Crippen molar-refractivity contribution in [2.45, 2.75) is 0 Å². The van der Waals surface area contributed by atoms with Crippen molar-refractivity contribution >= 4 is 7.15 Å². The summed E-state index contributed by atoms with van der Waals surface area (Å²) in [6.45, 7) is 0. The van der Waals surface area contributed by atoms with Gasteiger partial charge in [0.05, 0.1) is 0 Å². The molecule has 0 saturated heterocycles. The van der Waals surface area contributed by atoms with Crippen molar-refractivity contribution in [1.29, 1.82) is 0 Å². The van der Waals surface area contributed by atoms with Gasteiger partial charge >= 0.3 is 127 Å². The maximum atomic E-state index is 9.09. The van der Waals surface area contributed by atoms with Crippen molar-refractivity contribution in [2.75, 3.05) is 0 Å². The maximum absolute atomic E-state index is 9.09. The van der Waals surface area contributed by atoms with E-state index in [1.54, 1.807) is 48.5 Å². The number of para-hydroxylation sites is 4. The Morgan fingerprint density at radius 2 is 0.957 bits per heavy atom. The zero-order valence-corrected chi connectivity index (χ0v) is 12.3. The van der Waals surface area contributed by atoms with Gasteiger partial charge in [0.2, 0.25) is 0 Å². The molecule has 2 aromatic carbocycles. The number of hydrogen-bond donors (Lipinski definition) is 0. The molecule has 2 heterocycles. The van der Waals surface area contributed by atoms with Crippen LogP contribution in [0.5, 0.6) is 23.0 Å². The standard InChI is InChI=1S/C12H8N6O4P/c13-15-17-23(18-16-14,19-9-5-1-2-6-10(9)20-23)21-11-7-3-4-8-12(11)22-23/h1-8H/q-1. The molecule has 0 bridgehead atoms. The van der Waals surface area contributed by atoms with Gasteiger partial charge in [0.15, 0.2) is 0 Å². The number of fused-ring (bicyclic) bond motifs is 2. The van der Waals surface area contributed by atoms with Gasteiger partial charge < -0.3 is 0 Å². The minimum absolute atomic E-state index is 0.177. The summed E-state index contributed by atoms with van der Waals surface area (Å²) in [5.74, 6) is 0.706. The predicted molar refractivity (Wildman–Crippen MR) is 80.6 cm³/mol. The molecule has 2 aliphatic rings. The normalized spacial score (nSPS) is 22.4. The fraction of sp³-hybridized carbons (Fsp3) is 0. The molecule has 0 unspecified atom stereocenters. The second kappa shape index (κ2) is 3.71. The molecule has 0 aromatic heterocycles. The molecule has 116 valence electrons. The Morgan fingerprint density at radius 1 is 0.652 bits per heavy atom. The van der Waals surface area contributed by atoms with Crippen LogP contribution >= 0.6 is 7.15 Å². The summed E-state index contributed by atoms with van der Waals surface area (Å²) in [7, 11) is -5.99. The molecule has 23 heavy (non-hydrogen) atoms. The Kier molecular flexibility index (Phi) is 2.16. The summed E-state index contributed by atoms with van der Waals surface area (Å²) >= 11 is 0. The zero-order valence-electron chi connectivity index (χ0n) is 11.4. The van der Waals surface area contributed by atoms with Gasteiger partial charge in [0.25, 0.3) is 0 Å².